The van der Waals surface area contributed by atoms with Gasteiger partial charge in [-0.3, -0.25) is 24.6 Å². The Bertz CT molecular complexity index is 678. The Hall–Kier alpha value is -3.23. The van der Waals surface area contributed by atoms with Crippen molar-refractivity contribution in [3.63, 3.8) is 0 Å². The highest BCUT2D eigenvalue weighted by molar-refractivity contribution is 6.12. The van der Waals surface area contributed by atoms with Crippen molar-refractivity contribution in [2.45, 2.75) is 6.92 Å². The predicted octanol–water partition coefficient (Wildman–Crippen LogP) is 1.67. The number of ether oxygens (including phenoxy) is 2. The molecule has 0 saturated heterocycles. The van der Waals surface area contributed by atoms with Crippen LogP contribution >= 0.6 is 0 Å². The van der Waals surface area contributed by atoms with Gasteiger partial charge < -0.3 is 9.47 Å². The smallest absolute Gasteiger partial charge is 0.434 e. The molecule has 0 aromatic heterocycles. The van der Waals surface area contributed by atoms with E-state index in [1.807, 2.05) is 0 Å². The van der Waals surface area contributed by atoms with E-state index in [0.29, 0.717) is 0 Å². The minimum Gasteiger partial charge on any atom is -0.434 e. The maximum Gasteiger partial charge on any atom is 0.513 e. The van der Waals surface area contributed by atoms with Crippen LogP contribution in [0.5, 0.6) is 5.75 Å². The molecule has 2 rings (SSSR count). The summed E-state index contributed by atoms with van der Waals surface area (Å²) >= 11 is 0. The van der Waals surface area contributed by atoms with Gasteiger partial charge >= 0.3 is 6.16 Å². The van der Waals surface area contributed by atoms with Crippen LogP contribution in [0.2, 0.25) is 0 Å². The summed E-state index contributed by atoms with van der Waals surface area (Å²) in [6.07, 6.45) is 1.38. The zero-order chi connectivity index (χ0) is 17.7. The fourth-order valence-corrected chi connectivity index (χ4v) is 1.95. The molecule has 1 aliphatic rings. The van der Waals surface area contributed by atoms with E-state index in [2.05, 4.69) is 0 Å². The monoisotopic (exact) mass is 334 g/mol. The Morgan fingerprint density at radius 3 is 2.33 bits per heavy atom. The molecule has 0 N–H and O–H groups in total. The van der Waals surface area contributed by atoms with Gasteiger partial charge in [0.1, 0.15) is 5.75 Å². The van der Waals surface area contributed by atoms with E-state index in [-0.39, 0.29) is 30.5 Å². The van der Waals surface area contributed by atoms with E-state index in [1.165, 1.54) is 36.4 Å². The molecule has 9 nitrogen and oxygen atoms in total. The highest BCUT2D eigenvalue weighted by Gasteiger charge is 2.25. The van der Waals surface area contributed by atoms with Crippen LogP contribution in [0.15, 0.2) is 36.4 Å². The molecule has 9 heteroatoms. The molecule has 0 saturated carbocycles. The average Bonchev–Trinajstić information content (AvgIpc) is 2.85. The molecule has 1 heterocycles. The lowest BCUT2D eigenvalue weighted by molar-refractivity contribution is -0.384. The van der Waals surface area contributed by atoms with Gasteiger partial charge in [-0.05, 0) is 12.1 Å². The summed E-state index contributed by atoms with van der Waals surface area (Å²) in [6.45, 7) is 1.77. The second-order valence-electron chi connectivity index (χ2n) is 5.14. The molecule has 1 aliphatic heterocycles. The van der Waals surface area contributed by atoms with Gasteiger partial charge in [-0.25, -0.2) is 4.79 Å². The normalized spacial score (nSPS) is 14.6. The number of benzene rings is 1. The highest BCUT2D eigenvalue weighted by Crippen LogP contribution is 2.18. The van der Waals surface area contributed by atoms with E-state index < -0.39 is 22.9 Å². The number of imide groups is 1. The first-order valence-corrected chi connectivity index (χ1v) is 6.99. The van der Waals surface area contributed by atoms with Crippen molar-refractivity contribution in [1.82, 2.24) is 4.90 Å². The van der Waals surface area contributed by atoms with Gasteiger partial charge in [0.2, 0.25) is 0 Å². The Labute approximate surface area is 136 Å². The van der Waals surface area contributed by atoms with Gasteiger partial charge in [0, 0.05) is 36.7 Å². The molecule has 0 fully saturated rings. The molecule has 0 radical (unpaired) electrons. The maximum atomic E-state index is 11.6. The summed E-state index contributed by atoms with van der Waals surface area (Å²) in [6, 6.07) is 4.94. The van der Waals surface area contributed by atoms with Crippen molar-refractivity contribution in [1.29, 1.82) is 0 Å². The zero-order valence-electron chi connectivity index (χ0n) is 12.7. The summed E-state index contributed by atoms with van der Waals surface area (Å²) in [4.78, 5) is 45.4. The number of nitrogens with zero attached hydrogens (tertiary/aromatic N) is 2. The Morgan fingerprint density at radius 1 is 1.21 bits per heavy atom. The molecule has 0 aliphatic carbocycles. The minimum absolute atomic E-state index is 0.0527. The number of non-ortho nitro benzene ring substituents is 1. The van der Waals surface area contributed by atoms with Crippen molar-refractivity contribution < 1.29 is 28.8 Å². The van der Waals surface area contributed by atoms with Gasteiger partial charge in [-0.1, -0.05) is 6.92 Å². The fourth-order valence-electron chi connectivity index (χ4n) is 1.95. The molecule has 1 atom stereocenters. The lowest BCUT2D eigenvalue weighted by Gasteiger charge is -2.18. The van der Waals surface area contributed by atoms with E-state index in [0.717, 1.165) is 4.90 Å². The minimum atomic E-state index is -0.979. The van der Waals surface area contributed by atoms with Crippen LogP contribution in [0.25, 0.3) is 0 Å². The quantitative estimate of drug-likeness (QED) is 0.255. The van der Waals surface area contributed by atoms with Crippen LogP contribution in [0.3, 0.4) is 0 Å². The van der Waals surface area contributed by atoms with Crippen molar-refractivity contribution in [2.24, 2.45) is 5.92 Å². The molecule has 1 unspecified atom stereocenters. The molecule has 0 bridgehead atoms. The topological polar surface area (TPSA) is 116 Å². The second-order valence-corrected chi connectivity index (χ2v) is 5.14. The number of rotatable bonds is 6. The molecular formula is C15H14N2O7. The van der Waals surface area contributed by atoms with Crippen molar-refractivity contribution >= 4 is 23.7 Å². The Kier molecular flexibility index (Phi) is 5.25. The van der Waals surface area contributed by atoms with E-state index in [9.17, 15) is 24.5 Å². The first-order valence-electron chi connectivity index (χ1n) is 6.99. The molecule has 1 aromatic rings. The highest BCUT2D eigenvalue weighted by atomic mass is 16.7. The van der Waals surface area contributed by atoms with Crippen molar-refractivity contribution in [3.8, 4) is 5.75 Å². The van der Waals surface area contributed by atoms with Crippen LogP contribution in [-0.2, 0) is 14.3 Å². The van der Waals surface area contributed by atoms with Gasteiger partial charge in [0.05, 0.1) is 11.5 Å². The Morgan fingerprint density at radius 2 is 1.79 bits per heavy atom. The number of amides is 2. The third-order valence-electron chi connectivity index (χ3n) is 3.13. The molecule has 2 amide bonds. The van der Waals surface area contributed by atoms with Gasteiger partial charge in [-0.2, -0.15) is 0 Å². The van der Waals surface area contributed by atoms with E-state index in [4.69, 9.17) is 9.47 Å². The predicted molar refractivity (Wildman–Crippen MR) is 80.1 cm³/mol. The van der Waals surface area contributed by atoms with Crippen LogP contribution < -0.4 is 4.74 Å². The van der Waals surface area contributed by atoms with Gasteiger partial charge in [-0.15, -0.1) is 0 Å². The van der Waals surface area contributed by atoms with Crippen LogP contribution in [0.1, 0.15) is 6.92 Å². The largest absolute Gasteiger partial charge is 0.513 e. The standard InChI is InChI=1S/C15H14N2O7/c1-10(8-16-13(18)6-7-14(16)19)9-23-15(20)24-12-4-2-11(3-5-12)17(21)22/h2-7,10H,8-9H2,1H3. The third kappa shape index (κ3) is 4.38. The second kappa shape index (κ2) is 7.36. The Balaban J connectivity index is 1.77. The zero-order valence-corrected chi connectivity index (χ0v) is 12.7. The number of nitro benzene ring substituents is 1. The van der Waals surface area contributed by atoms with E-state index in [1.54, 1.807) is 6.92 Å². The summed E-state index contributed by atoms with van der Waals surface area (Å²) in [5, 5.41) is 10.5. The summed E-state index contributed by atoms with van der Waals surface area (Å²) in [7, 11) is 0. The number of carbonyl (C=O) groups excluding carboxylic acids is 3. The summed E-state index contributed by atoms with van der Waals surface area (Å²) < 4.78 is 9.77. The molecule has 24 heavy (non-hydrogen) atoms. The third-order valence-corrected chi connectivity index (χ3v) is 3.13. The fraction of sp³-hybridized carbons (Fsp3) is 0.267. The van der Waals surface area contributed by atoms with Gasteiger partial charge in [0.15, 0.2) is 0 Å². The van der Waals surface area contributed by atoms with Crippen LogP contribution in [0.4, 0.5) is 10.5 Å². The first kappa shape index (κ1) is 17.1. The number of carbonyl (C=O) groups is 3. The number of hydrogen-bond acceptors (Lipinski definition) is 7. The number of hydrogen-bond donors (Lipinski definition) is 0. The molecular weight excluding hydrogens is 320 g/mol. The maximum absolute atomic E-state index is 11.6. The summed E-state index contributed by atoms with van der Waals surface area (Å²) in [5.74, 6) is -0.977. The first-order chi connectivity index (χ1) is 11.4. The van der Waals surface area contributed by atoms with Crippen LogP contribution in [0, 0.1) is 16.0 Å². The van der Waals surface area contributed by atoms with Gasteiger partial charge in [0.25, 0.3) is 17.5 Å². The lowest BCUT2D eigenvalue weighted by atomic mass is 10.2. The average molecular weight is 334 g/mol. The SMILES string of the molecule is CC(COC(=O)Oc1ccc([N+](=O)[O-])cc1)CN1C(=O)C=CC1=O. The lowest BCUT2D eigenvalue weighted by Crippen LogP contribution is -2.35. The number of nitro groups is 1. The molecule has 0 spiro atoms. The summed E-state index contributed by atoms with van der Waals surface area (Å²) in [5.41, 5.74) is -0.127. The van der Waals surface area contributed by atoms with Crippen LogP contribution in [-0.4, -0.2) is 40.9 Å². The van der Waals surface area contributed by atoms with E-state index >= 15 is 0 Å². The molecule has 126 valence electrons. The van der Waals surface area contributed by atoms with Crippen molar-refractivity contribution in [3.05, 3.63) is 46.5 Å². The van der Waals surface area contributed by atoms with Crippen molar-refractivity contribution in [2.75, 3.05) is 13.2 Å². The molecule has 1 aromatic carbocycles.